The predicted octanol–water partition coefficient (Wildman–Crippen LogP) is 4.05. The van der Waals surface area contributed by atoms with Crippen molar-refractivity contribution < 1.29 is 4.79 Å². The van der Waals surface area contributed by atoms with Crippen molar-refractivity contribution in [2.24, 2.45) is 11.1 Å². The molecule has 2 heterocycles. The van der Waals surface area contributed by atoms with E-state index in [0.29, 0.717) is 34.5 Å². The van der Waals surface area contributed by atoms with Crippen LogP contribution in [0.15, 0.2) is 58.5 Å². The molecule has 1 saturated heterocycles. The van der Waals surface area contributed by atoms with E-state index < -0.39 is 0 Å². The van der Waals surface area contributed by atoms with Crippen LogP contribution in [0, 0.1) is 15.6 Å². The minimum Gasteiger partial charge on any atom is -0.332 e. The van der Waals surface area contributed by atoms with Crippen LogP contribution >= 0.6 is 12.2 Å². The topological polar surface area (TPSA) is 87.5 Å². The molecule has 7 nitrogen and oxygen atoms in total. The molecule has 0 spiro atoms. The summed E-state index contributed by atoms with van der Waals surface area (Å²) in [6.07, 6.45) is 1.54. The van der Waals surface area contributed by atoms with E-state index in [9.17, 15) is 14.5 Å². The maximum Gasteiger partial charge on any atom is 0.262 e. The van der Waals surface area contributed by atoms with Crippen molar-refractivity contribution in [3.63, 3.8) is 0 Å². The van der Waals surface area contributed by atoms with Crippen LogP contribution in [0.25, 0.3) is 10.9 Å². The Labute approximate surface area is 178 Å². The lowest BCUT2D eigenvalue weighted by molar-refractivity contribution is 0.0837. The molecule has 0 aliphatic carbocycles. The van der Waals surface area contributed by atoms with E-state index >= 15 is 0 Å². The van der Waals surface area contributed by atoms with Gasteiger partial charge in [0, 0.05) is 24.6 Å². The highest BCUT2D eigenvalue weighted by molar-refractivity contribution is 7.71. The Hall–Kier alpha value is -2.97. The van der Waals surface area contributed by atoms with Crippen molar-refractivity contribution in [3.8, 4) is 0 Å². The number of piperidine rings is 1. The summed E-state index contributed by atoms with van der Waals surface area (Å²) in [6.45, 7) is 2.81. The van der Waals surface area contributed by atoms with E-state index in [-0.39, 0.29) is 17.3 Å². The smallest absolute Gasteiger partial charge is 0.262 e. The van der Waals surface area contributed by atoms with Crippen molar-refractivity contribution in [1.82, 2.24) is 14.5 Å². The number of carbonyl (C=O) groups excluding carboxylic acids is 1. The molecule has 1 N–H and O–H groups in total. The number of aromatic nitrogens is 2. The Balaban J connectivity index is 1.37. The molecule has 0 atom stereocenters. The summed E-state index contributed by atoms with van der Waals surface area (Å²) in [7, 11) is 0. The van der Waals surface area contributed by atoms with Gasteiger partial charge in [-0.1, -0.05) is 12.1 Å². The largest absolute Gasteiger partial charge is 0.332 e. The van der Waals surface area contributed by atoms with E-state index in [1.807, 2.05) is 18.2 Å². The zero-order valence-corrected chi connectivity index (χ0v) is 17.2. The van der Waals surface area contributed by atoms with Gasteiger partial charge in [0.2, 0.25) is 0 Å². The third-order valence-electron chi connectivity index (χ3n) is 5.74. The lowest BCUT2D eigenvalue weighted by Crippen LogP contribution is -2.39. The van der Waals surface area contributed by atoms with Crippen molar-refractivity contribution >= 4 is 34.6 Å². The summed E-state index contributed by atoms with van der Waals surface area (Å²) in [5, 5.41) is 3.50. The van der Waals surface area contributed by atoms with Gasteiger partial charge in [-0.25, -0.2) is 0 Å². The van der Waals surface area contributed by atoms with Gasteiger partial charge in [-0.05, 0) is 79.7 Å². The summed E-state index contributed by atoms with van der Waals surface area (Å²) in [6, 6.07) is 13.8. The number of likely N-dealkylation sites (tertiary alicyclic amines) is 1. The molecular weight excluding hydrogens is 400 g/mol. The molecule has 1 fully saturated rings. The first kappa shape index (κ1) is 20.3. The summed E-state index contributed by atoms with van der Waals surface area (Å²) in [5.41, 5.74) is 1.62. The number of hydrogen-bond acceptors (Lipinski definition) is 6. The molecule has 0 unspecified atom stereocenters. The van der Waals surface area contributed by atoms with Crippen LogP contribution in [0.2, 0.25) is 0 Å². The van der Waals surface area contributed by atoms with Gasteiger partial charge in [-0.15, -0.1) is 4.91 Å². The van der Waals surface area contributed by atoms with E-state index in [2.05, 4.69) is 15.1 Å². The summed E-state index contributed by atoms with van der Waals surface area (Å²) >= 11 is 5.38. The molecule has 0 amide bonds. The minimum absolute atomic E-state index is 0.0254. The Morgan fingerprint density at radius 3 is 2.47 bits per heavy atom. The highest BCUT2D eigenvalue weighted by Gasteiger charge is 2.25. The molecule has 0 saturated carbocycles. The number of H-pyrrole nitrogens is 1. The number of ketones is 1. The van der Waals surface area contributed by atoms with Gasteiger partial charge < -0.3 is 9.88 Å². The van der Waals surface area contributed by atoms with Gasteiger partial charge >= 0.3 is 0 Å². The average Bonchev–Trinajstić information content (AvgIpc) is 2.79. The molecule has 8 heteroatoms. The van der Waals surface area contributed by atoms with Gasteiger partial charge in [-0.3, -0.25) is 14.2 Å². The summed E-state index contributed by atoms with van der Waals surface area (Å²) in [4.78, 5) is 41.4. The lowest BCUT2D eigenvalue weighted by Gasteiger charge is -2.31. The second kappa shape index (κ2) is 8.81. The number of fused-ring (bicyclic) bond motifs is 1. The van der Waals surface area contributed by atoms with Crippen LogP contribution in [0.4, 0.5) is 5.69 Å². The minimum atomic E-state index is -0.0762. The van der Waals surface area contributed by atoms with Crippen LogP contribution in [0.1, 0.15) is 23.2 Å². The number of rotatable bonds is 6. The second-order valence-corrected chi connectivity index (χ2v) is 7.94. The molecule has 2 aromatic carbocycles. The molecule has 0 radical (unpaired) electrons. The fraction of sp³-hybridized carbons (Fsp3) is 0.318. The Morgan fingerprint density at radius 1 is 1.07 bits per heavy atom. The average molecular weight is 423 g/mol. The number of carbonyl (C=O) groups is 1. The number of nitrogens with zero attached hydrogens (tertiary/aromatic N) is 3. The third kappa shape index (κ3) is 4.15. The Morgan fingerprint density at radius 2 is 1.77 bits per heavy atom. The number of Topliss-reactive ketones (excluding diaryl/α,β-unsaturated/α-hetero) is 1. The van der Waals surface area contributed by atoms with E-state index in [4.69, 9.17) is 12.2 Å². The number of aromatic amines is 1. The first-order chi connectivity index (χ1) is 14.6. The molecule has 1 aliphatic rings. The zero-order chi connectivity index (χ0) is 21.1. The first-order valence-electron chi connectivity index (χ1n) is 9.98. The van der Waals surface area contributed by atoms with Gasteiger partial charge in [0.15, 0.2) is 10.6 Å². The van der Waals surface area contributed by atoms with E-state index in [1.54, 1.807) is 34.9 Å². The van der Waals surface area contributed by atoms with Gasteiger partial charge in [0.25, 0.3) is 5.56 Å². The predicted molar refractivity (Wildman–Crippen MR) is 119 cm³/mol. The molecule has 154 valence electrons. The second-order valence-electron chi connectivity index (χ2n) is 7.55. The fourth-order valence-electron chi connectivity index (χ4n) is 3.98. The SMILES string of the molecule is O=Nc1ccc(C(=O)C2CCN(CCn3c(=S)[nH]c4ccccc4c3=O)CC2)cc1. The lowest BCUT2D eigenvalue weighted by atomic mass is 9.89. The molecular formula is C22H22N4O3S. The summed E-state index contributed by atoms with van der Waals surface area (Å²) in [5.74, 6) is 0.0859. The maximum atomic E-state index is 12.8. The van der Waals surface area contributed by atoms with Gasteiger partial charge in [-0.2, -0.15) is 0 Å². The Bertz CT molecular complexity index is 1190. The van der Waals surface area contributed by atoms with Crippen molar-refractivity contribution in [1.29, 1.82) is 0 Å². The molecule has 4 rings (SSSR count). The Kier molecular flexibility index (Phi) is 5.96. The number of nitroso groups, excluding NO2 is 1. The van der Waals surface area contributed by atoms with Crippen LogP contribution in [-0.4, -0.2) is 39.9 Å². The fourth-order valence-corrected chi connectivity index (χ4v) is 4.27. The number of para-hydroxylation sites is 1. The van der Waals surface area contributed by atoms with Crippen molar-refractivity contribution in [3.05, 3.63) is 74.1 Å². The molecule has 1 aliphatic heterocycles. The van der Waals surface area contributed by atoms with Crippen LogP contribution in [-0.2, 0) is 6.54 Å². The zero-order valence-electron chi connectivity index (χ0n) is 16.4. The molecule has 0 bridgehead atoms. The monoisotopic (exact) mass is 422 g/mol. The number of benzene rings is 2. The normalized spacial score (nSPS) is 15.3. The van der Waals surface area contributed by atoms with E-state index in [0.717, 1.165) is 31.4 Å². The van der Waals surface area contributed by atoms with Crippen molar-refractivity contribution in [2.75, 3.05) is 19.6 Å². The maximum absolute atomic E-state index is 12.8. The number of nitrogens with one attached hydrogen (secondary N) is 1. The molecule has 30 heavy (non-hydrogen) atoms. The van der Waals surface area contributed by atoms with Crippen LogP contribution < -0.4 is 5.56 Å². The number of hydrogen-bond donors (Lipinski definition) is 1. The molecule has 1 aromatic heterocycles. The third-order valence-corrected chi connectivity index (χ3v) is 6.07. The van der Waals surface area contributed by atoms with Crippen LogP contribution in [0.5, 0.6) is 0 Å². The van der Waals surface area contributed by atoms with Gasteiger partial charge in [0.05, 0.1) is 10.9 Å². The van der Waals surface area contributed by atoms with Crippen molar-refractivity contribution in [2.45, 2.75) is 19.4 Å². The first-order valence-corrected chi connectivity index (χ1v) is 10.4. The molecule has 3 aromatic rings. The summed E-state index contributed by atoms with van der Waals surface area (Å²) < 4.78 is 2.04. The highest BCUT2D eigenvalue weighted by Crippen LogP contribution is 2.23. The van der Waals surface area contributed by atoms with E-state index in [1.165, 1.54) is 0 Å². The quantitative estimate of drug-likeness (QED) is 0.368. The van der Waals surface area contributed by atoms with Crippen LogP contribution in [0.3, 0.4) is 0 Å². The highest BCUT2D eigenvalue weighted by atomic mass is 32.1. The standard InChI is InChI=1S/C22H22N4O3S/c27-20(15-5-7-17(24-29)8-6-15)16-9-11-25(12-10-16)13-14-26-21(28)18-3-1-2-4-19(18)23-22(26)30/h1-8,16H,9-14H2,(H,23,30). The van der Waals surface area contributed by atoms with Gasteiger partial charge in [0.1, 0.15) is 5.69 Å².